The summed E-state index contributed by atoms with van der Waals surface area (Å²) in [5.41, 5.74) is 1.58. The highest BCUT2D eigenvalue weighted by molar-refractivity contribution is 5.92. The van der Waals surface area contributed by atoms with Crippen molar-refractivity contribution < 1.29 is 14.3 Å². The molecule has 0 amide bonds. The molecule has 0 heterocycles. The molecule has 3 heteroatoms. The van der Waals surface area contributed by atoms with E-state index in [2.05, 4.69) is 20.8 Å². The average Bonchev–Trinajstić information content (AvgIpc) is 2.34. The summed E-state index contributed by atoms with van der Waals surface area (Å²) in [6, 6.07) is 5.71. The van der Waals surface area contributed by atoms with E-state index in [0.29, 0.717) is 17.9 Å². The summed E-state index contributed by atoms with van der Waals surface area (Å²) >= 11 is 0. The maximum Gasteiger partial charge on any atom is 0.341 e. The lowest BCUT2D eigenvalue weighted by Crippen LogP contribution is -2.14. The van der Waals surface area contributed by atoms with Crippen LogP contribution in [0.4, 0.5) is 0 Å². The second-order valence-corrected chi connectivity index (χ2v) is 5.30. The Bertz CT molecular complexity index is 416. The number of hydrogen-bond acceptors (Lipinski definition) is 3. The number of methoxy groups -OCH3 is 1. The molecule has 1 rings (SSSR count). The molecule has 3 nitrogen and oxygen atoms in total. The van der Waals surface area contributed by atoms with Crippen molar-refractivity contribution in [2.45, 2.75) is 39.5 Å². The number of rotatable bonds is 4. The highest BCUT2D eigenvalue weighted by Gasteiger charge is 2.19. The fourth-order valence-electron chi connectivity index (χ4n) is 1.60. The second-order valence-electron chi connectivity index (χ2n) is 5.30. The quantitative estimate of drug-likeness (QED) is 0.766. The molecule has 0 aliphatic heterocycles. The maximum absolute atomic E-state index is 11.8. The van der Waals surface area contributed by atoms with Gasteiger partial charge in [-0.2, -0.15) is 0 Å². The van der Waals surface area contributed by atoms with Gasteiger partial charge in [-0.1, -0.05) is 33.8 Å². The van der Waals surface area contributed by atoms with Crippen LogP contribution in [-0.4, -0.2) is 19.7 Å². The minimum absolute atomic E-state index is 0.00788. The van der Waals surface area contributed by atoms with Crippen LogP contribution in [0.1, 0.15) is 50.0 Å². The van der Waals surface area contributed by atoms with E-state index in [0.717, 1.165) is 12.0 Å². The molecule has 0 radical (unpaired) electrons. The predicted molar refractivity (Wildman–Crippen MR) is 72.3 cm³/mol. The molecule has 0 aromatic heterocycles. The Balaban J connectivity index is 3.16. The highest BCUT2D eigenvalue weighted by Crippen LogP contribution is 2.28. The highest BCUT2D eigenvalue weighted by atomic mass is 16.5. The van der Waals surface area contributed by atoms with Crippen LogP contribution in [0.2, 0.25) is 0 Å². The van der Waals surface area contributed by atoms with E-state index in [-0.39, 0.29) is 11.4 Å². The molecule has 1 aromatic carbocycles. The Hall–Kier alpha value is -1.51. The molecule has 0 aliphatic carbocycles. The number of carbonyl (C=O) groups is 1. The normalized spacial score (nSPS) is 11.2. The average molecular weight is 250 g/mol. The SMILES string of the molecule is CCCOc1ccc(C(C)(C)C)cc1C(=O)OC. The number of esters is 1. The van der Waals surface area contributed by atoms with Gasteiger partial charge >= 0.3 is 5.97 Å². The molecule has 0 saturated carbocycles. The summed E-state index contributed by atoms with van der Waals surface area (Å²) in [7, 11) is 1.38. The summed E-state index contributed by atoms with van der Waals surface area (Å²) in [4.78, 5) is 11.8. The zero-order valence-electron chi connectivity index (χ0n) is 11.9. The topological polar surface area (TPSA) is 35.5 Å². The summed E-state index contributed by atoms with van der Waals surface area (Å²) in [5.74, 6) is 0.240. The summed E-state index contributed by atoms with van der Waals surface area (Å²) < 4.78 is 10.4. The first-order chi connectivity index (χ1) is 8.40. The minimum atomic E-state index is -0.354. The molecular weight excluding hydrogens is 228 g/mol. The van der Waals surface area contributed by atoms with Crippen molar-refractivity contribution in [3.8, 4) is 5.75 Å². The van der Waals surface area contributed by atoms with Gasteiger partial charge in [0, 0.05) is 0 Å². The van der Waals surface area contributed by atoms with Gasteiger partial charge in [0.2, 0.25) is 0 Å². The Morgan fingerprint density at radius 3 is 2.44 bits per heavy atom. The Kier molecular flexibility index (Phi) is 4.76. The van der Waals surface area contributed by atoms with Crippen LogP contribution in [0.3, 0.4) is 0 Å². The standard InChI is InChI=1S/C15H22O3/c1-6-9-18-13-8-7-11(15(2,3)4)10-12(13)14(16)17-5/h7-8,10H,6,9H2,1-5H3. The number of benzene rings is 1. The first-order valence-corrected chi connectivity index (χ1v) is 6.25. The molecule has 0 saturated heterocycles. The van der Waals surface area contributed by atoms with Gasteiger partial charge in [0.25, 0.3) is 0 Å². The zero-order chi connectivity index (χ0) is 13.8. The fourth-order valence-corrected chi connectivity index (χ4v) is 1.60. The fraction of sp³-hybridized carbons (Fsp3) is 0.533. The third kappa shape index (κ3) is 3.49. The van der Waals surface area contributed by atoms with Crippen LogP contribution < -0.4 is 4.74 Å². The zero-order valence-corrected chi connectivity index (χ0v) is 11.9. The lowest BCUT2D eigenvalue weighted by molar-refractivity contribution is 0.0596. The number of hydrogen-bond donors (Lipinski definition) is 0. The van der Waals surface area contributed by atoms with Crippen molar-refractivity contribution in [2.24, 2.45) is 0 Å². The Morgan fingerprint density at radius 1 is 1.28 bits per heavy atom. The Labute approximate surface area is 109 Å². The predicted octanol–water partition coefficient (Wildman–Crippen LogP) is 3.56. The third-order valence-corrected chi connectivity index (χ3v) is 2.71. The van der Waals surface area contributed by atoms with Gasteiger partial charge in [0.05, 0.1) is 13.7 Å². The number of carbonyl (C=O) groups excluding carboxylic acids is 1. The van der Waals surface area contributed by atoms with Gasteiger partial charge in [0.1, 0.15) is 11.3 Å². The van der Waals surface area contributed by atoms with Gasteiger partial charge in [-0.15, -0.1) is 0 Å². The molecule has 18 heavy (non-hydrogen) atoms. The summed E-state index contributed by atoms with van der Waals surface area (Å²) in [6.07, 6.45) is 0.904. The van der Waals surface area contributed by atoms with Gasteiger partial charge in [-0.25, -0.2) is 4.79 Å². The third-order valence-electron chi connectivity index (χ3n) is 2.71. The van der Waals surface area contributed by atoms with E-state index in [1.165, 1.54) is 7.11 Å². The molecule has 0 unspecified atom stereocenters. The number of ether oxygens (including phenoxy) is 2. The van der Waals surface area contributed by atoms with Crippen molar-refractivity contribution in [3.63, 3.8) is 0 Å². The molecular formula is C15H22O3. The van der Waals surface area contributed by atoms with E-state index < -0.39 is 0 Å². The van der Waals surface area contributed by atoms with Gasteiger partial charge in [0.15, 0.2) is 0 Å². The first-order valence-electron chi connectivity index (χ1n) is 6.25. The van der Waals surface area contributed by atoms with Gasteiger partial charge in [-0.05, 0) is 29.5 Å². The molecule has 0 atom stereocenters. The molecule has 0 bridgehead atoms. The summed E-state index contributed by atoms with van der Waals surface area (Å²) in [5, 5.41) is 0. The van der Waals surface area contributed by atoms with Crippen LogP contribution in [0.5, 0.6) is 5.75 Å². The van der Waals surface area contributed by atoms with Crippen LogP contribution in [0.15, 0.2) is 18.2 Å². The van der Waals surface area contributed by atoms with Crippen molar-refractivity contribution >= 4 is 5.97 Å². The monoisotopic (exact) mass is 250 g/mol. The van der Waals surface area contributed by atoms with Crippen molar-refractivity contribution in [2.75, 3.05) is 13.7 Å². The molecule has 100 valence electrons. The van der Waals surface area contributed by atoms with E-state index in [1.54, 1.807) is 0 Å². The van der Waals surface area contributed by atoms with E-state index in [9.17, 15) is 4.79 Å². The minimum Gasteiger partial charge on any atom is -0.493 e. The van der Waals surface area contributed by atoms with Crippen molar-refractivity contribution in [3.05, 3.63) is 29.3 Å². The lowest BCUT2D eigenvalue weighted by atomic mass is 9.86. The maximum atomic E-state index is 11.8. The largest absolute Gasteiger partial charge is 0.493 e. The smallest absolute Gasteiger partial charge is 0.341 e. The van der Waals surface area contributed by atoms with Crippen LogP contribution in [-0.2, 0) is 10.2 Å². The molecule has 1 aromatic rings. The Morgan fingerprint density at radius 2 is 1.94 bits per heavy atom. The molecule has 0 fully saturated rings. The second kappa shape index (κ2) is 5.89. The van der Waals surface area contributed by atoms with E-state index in [1.807, 2.05) is 25.1 Å². The first kappa shape index (κ1) is 14.6. The van der Waals surface area contributed by atoms with Crippen LogP contribution in [0, 0.1) is 0 Å². The van der Waals surface area contributed by atoms with E-state index >= 15 is 0 Å². The lowest BCUT2D eigenvalue weighted by Gasteiger charge is -2.20. The van der Waals surface area contributed by atoms with E-state index in [4.69, 9.17) is 9.47 Å². The van der Waals surface area contributed by atoms with Crippen LogP contribution >= 0.6 is 0 Å². The molecule has 0 spiro atoms. The van der Waals surface area contributed by atoms with Crippen molar-refractivity contribution in [1.29, 1.82) is 0 Å². The summed E-state index contributed by atoms with van der Waals surface area (Å²) in [6.45, 7) is 8.95. The van der Waals surface area contributed by atoms with Crippen molar-refractivity contribution in [1.82, 2.24) is 0 Å². The molecule has 0 aliphatic rings. The molecule has 0 N–H and O–H groups in total. The van der Waals surface area contributed by atoms with Crippen LogP contribution in [0.25, 0.3) is 0 Å². The van der Waals surface area contributed by atoms with Gasteiger partial charge in [-0.3, -0.25) is 0 Å². The van der Waals surface area contributed by atoms with Gasteiger partial charge < -0.3 is 9.47 Å².